The summed E-state index contributed by atoms with van der Waals surface area (Å²) in [5, 5.41) is 15.3. The molecule has 1 heterocycles. The number of nitrogens with one attached hydrogen (secondary N) is 1. The highest BCUT2D eigenvalue weighted by Gasteiger charge is 2.32. The van der Waals surface area contributed by atoms with E-state index in [1.165, 1.54) is 0 Å². The maximum atomic E-state index is 10.9. The Hall–Kier alpha value is -2.37. The lowest BCUT2D eigenvalue weighted by molar-refractivity contribution is 0.162. The second kappa shape index (κ2) is 5.32. The van der Waals surface area contributed by atoms with E-state index >= 15 is 0 Å². The summed E-state index contributed by atoms with van der Waals surface area (Å²) in [6.07, 6.45) is -1.12. The lowest BCUT2D eigenvalue weighted by atomic mass is 9.86. The number of carboxylic acid groups (broad SMARTS) is 1. The molecule has 2 N–H and O–H groups in total. The maximum absolute atomic E-state index is 10.9. The molecule has 0 aliphatic rings. The highest BCUT2D eigenvalue weighted by Crippen LogP contribution is 2.32. The monoisotopic (exact) mass is 275 g/mol. The molecule has 0 aliphatic carbocycles. The highest BCUT2D eigenvalue weighted by molar-refractivity contribution is 5.65. The summed E-state index contributed by atoms with van der Waals surface area (Å²) in [5.41, 5.74) is 0.448. The molecule has 1 amide bonds. The van der Waals surface area contributed by atoms with Gasteiger partial charge in [0.15, 0.2) is 0 Å². The third kappa shape index (κ3) is 3.14. The van der Waals surface area contributed by atoms with Gasteiger partial charge in [0.05, 0.1) is 0 Å². The van der Waals surface area contributed by atoms with Gasteiger partial charge in [0.1, 0.15) is 6.04 Å². The predicted molar refractivity (Wildman–Crippen MR) is 73.1 cm³/mol. The van der Waals surface area contributed by atoms with Crippen LogP contribution in [0.25, 0.3) is 11.4 Å². The number of carbonyl (C=O) groups is 1. The minimum Gasteiger partial charge on any atom is -0.465 e. The first-order valence-electron chi connectivity index (χ1n) is 6.26. The van der Waals surface area contributed by atoms with Crippen LogP contribution in [0.1, 0.15) is 32.7 Å². The van der Waals surface area contributed by atoms with E-state index in [2.05, 4.69) is 15.5 Å². The molecule has 0 aliphatic heterocycles. The van der Waals surface area contributed by atoms with Crippen LogP contribution in [0.3, 0.4) is 0 Å². The van der Waals surface area contributed by atoms with Gasteiger partial charge in [-0.3, -0.25) is 0 Å². The van der Waals surface area contributed by atoms with Crippen molar-refractivity contribution in [2.75, 3.05) is 0 Å². The van der Waals surface area contributed by atoms with Crippen molar-refractivity contribution >= 4 is 6.09 Å². The average molecular weight is 275 g/mol. The summed E-state index contributed by atoms with van der Waals surface area (Å²) in [6.45, 7) is 5.71. The van der Waals surface area contributed by atoms with Crippen molar-refractivity contribution < 1.29 is 14.4 Å². The Morgan fingerprint density at radius 2 is 1.95 bits per heavy atom. The first kappa shape index (κ1) is 14.0. The van der Waals surface area contributed by atoms with Gasteiger partial charge in [0.25, 0.3) is 0 Å². The molecular weight excluding hydrogens is 258 g/mol. The van der Waals surface area contributed by atoms with Gasteiger partial charge in [0, 0.05) is 5.56 Å². The van der Waals surface area contributed by atoms with Gasteiger partial charge in [-0.15, -0.1) is 0 Å². The van der Waals surface area contributed by atoms with Crippen molar-refractivity contribution in [1.29, 1.82) is 0 Å². The Kier molecular flexibility index (Phi) is 3.74. The van der Waals surface area contributed by atoms with E-state index < -0.39 is 12.1 Å². The molecule has 0 radical (unpaired) electrons. The Morgan fingerprint density at radius 3 is 2.50 bits per heavy atom. The minimum atomic E-state index is -1.12. The number of hydrogen-bond donors (Lipinski definition) is 2. The van der Waals surface area contributed by atoms with Crippen LogP contribution in [-0.2, 0) is 0 Å². The summed E-state index contributed by atoms with van der Waals surface area (Å²) < 4.78 is 5.22. The molecule has 0 saturated heterocycles. The Morgan fingerprint density at radius 1 is 1.30 bits per heavy atom. The molecular formula is C14H17N3O3. The summed E-state index contributed by atoms with van der Waals surface area (Å²) in [4.78, 5) is 15.2. The van der Waals surface area contributed by atoms with E-state index in [9.17, 15) is 4.79 Å². The summed E-state index contributed by atoms with van der Waals surface area (Å²) in [6, 6.07) is 8.82. The molecule has 6 nitrogen and oxygen atoms in total. The number of amides is 1. The van der Waals surface area contributed by atoms with Gasteiger partial charge in [-0.05, 0) is 5.41 Å². The largest absolute Gasteiger partial charge is 0.465 e. The molecule has 2 aromatic rings. The standard InChI is InChI=1S/C14H17N3O3/c1-14(2,3)10(15-13(18)19)12-16-11(17-20-12)9-7-5-4-6-8-9/h4-8,10,15H,1-3H3,(H,18,19)/t10-/m1/s1. The minimum absolute atomic E-state index is 0.263. The van der Waals surface area contributed by atoms with Crippen LogP contribution in [0.4, 0.5) is 4.79 Å². The summed E-state index contributed by atoms with van der Waals surface area (Å²) >= 11 is 0. The molecule has 2 rings (SSSR count). The van der Waals surface area contributed by atoms with Gasteiger partial charge in [-0.2, -0.15) is 4.98 Å². The zero-order valence-corrected chi connectivity index (χ0v) is 11.6. The van der Waals surface area contributed by atoms with Crippen molar-refractivity contribution in [2.45, 2.75) is 26.8 Å². The molecule has 0 bridgehead atoms. The van der Waals surface area contributed by atoms with Crippen LogP contribution in [0, 0.1) is 5.41 Å². The predicted octanol–water partition coefficient (Wildman–Crippen LogP) is 3.09. The molecule has 0 unspecified atom stereocenters. The second-order valence-electron chi connectivity index (χ2n) is 5.57. The number of rotatable bonds is 3. The Labute approximate surface area is 116 Å². The van der Waals surface area contributed by atoms with Crippen molar-refractivity contribution in [3.05, 3.63) is 36.2 Å². The number of benzene rings is 1. The zero-order chi connectivity index (χ0) is 14.8. The van der Waals surface area contributed by atoms with Crippen molar-refractivity contribution in [1.82, 2.24) is 15.5 Å². The summed E-state index contributed by atoms with van der Waals surface area (Å²) in [5.74, 6) is 0.709. The molecule has 6 heteroatoms. The fourth-order valence-corrected chi connectivity index (χ4v) is 1.83. The molecule has 106 valence electrons. The van der Waals surface area contributed by atoms with Crippen molar-refractivity contribution in [3.63, 3.8) is 0 Å². The van der Waals surface area contributed by atoms with Gasteiger partial charge >= 0.3 is 6.09 Å². The molecule has 1 aromatic carbocycles. The summed E-state index contributed by atoms with van der Waals surface area (Å²) in [7, 11) is 0. The van der Waals surface area contributed by atoms with Gasteiger partial charge in [-0.25, -0.2) is 4.79 Å². The molecule has 0 spiro atoms. The van der Waals surface area contributed by atoms with E-state index in [0.717, 1.165) is 5.56 Å². The third-order valence-electron chi connectivity index (χ3n) is 2.85. The van der Waals surface area contributed by atoms with Crippen LogP contribution in [-0.4, -0.2) is 21.3 Å². The van der Waals surface area contributed by atoms with Crippen LogP contribution < -0.4 is 5.32 Å². The van der Waals surface area contributed by atoms with E-state index in [0.29, 0.717) is 5.82 Å². The van der Waals surface area contributed by atoms with Crippen LogP contribution in [0.2, 0.25) is 0 Å². The van der Waals surface area contributed by atoms with E-state index in [1.807, 2.05) is 51.1 Å². The first-order valence-corrected chi connectivity index (χ1v) is 6.26. The number of aromatic nitrogens is 2. The van der Waals surface area contributed by atoms with Crippen LogP contribution in [0.15, 0.2) is 34.9 Å². The topological polar surface area (TPSA) is 88.2 Å². The zero-order valence-electron chi connectivity index (χ0n) is 11.6. The maximum Gasteiger partial charge on any atom is 0.405 e. The Bertz CT molecular complexity index is 587. The van der Waals surface area contributed by atoms with Crippen molar-refractivity contribution in [2.24, 2.45) is 5.41 Å². The van der Waals surface area contributed by atoms with E-state index in [4.69, 9.17) is 9.63 Å². The fourth-order valence-electron chi connectivity index (χ4n) is 1.83. The lowest BCUT2D eigenvalue weighted by Crippen LogP contribution is -2.35. The fraction of sp³-hybridized carbons (Fsp3) is 0.357. The first-order chi connectivity index (χ1) is 9.38. The van der Waals surface area contributed by atoms with Gasteiger partial charge in [0.2, 0.25) is 11.7 Å². The lowest BCUT2D eigenvalue weighted by Gasteiger charge is -2.27. The molecule has 20 heavy (non-hydrogen) atoms. The van der Waals surface area contributed by atoms with Crippen LogP contribution >= 0.6 is 0 Å². The smallest absolute Gasteiger partial charge is 0.405 e. The van der Waals surface area contributed by atoms with Crippen LogP contribution in [0.5, 0.6) is 0 Å². The van der Waals surface area contributed by atoms with Crippen molar-refractivity contribution in [3.8, 4) is 11.4 Å². The average Bonchev–Trinajstić information content (AvgIpc) is 2.84. The molecule has 1 atom stereocenters. The molecule has 0 saturated carbocycles. The SMILES string of the molecule is CC(C)(C)[C@H](NC(=O)O)c1nc(-c2ccccc2)no1. The third-order valence-corrected chi connectivity index (χ3v) is 2.85. The second-order valence-corrected chi connectivity index (χ2v) is 5.57. The molecule has 0 fully saturated rings. The molecule has 1 aromatic heterocycles. The number of nitrogens with zero attached hydrogens (tertiary/aromatic N) is 2. The van der Waals surface area contributed by atoms with Gasteiger partial charge in [-0.1, -0.05) is 56.3 Å². The highest BCUT2D eigenvalue weighted by atomic mass is 16.5. The Balaban J connectivity index is 2.32. The van der Waals surface area contributed by atoms with E-state index in [1.54, 1.807) is 0 Å². The normalized spacial score (nSPS) is 12.9. The number of hydrogen-bond acceptors (Lipinski definition) is 4. The van der Waals surface area contributed by atoms with Gasteiger partial charge < -0.3 is 14.9 Å². The quantitative estimate of drug-likeness (QED) is 0.898. The van der Waals surface area contributed by atoms with E-state index in [-0.39, 0.29) is 11.3 Å².